The van der Waals surface area contributed by atoms with Crippen molar-refractivity contribution in [1.29, 1.82) is 0 Å². The van der Waals surface area contributed by atoms with E-state index in [1.54, 1.807) is 0 Å². The Bertz CT molecular complexity index is 694. The van der Waals surface area contributed by atoms with Crippen molar-refractivity contribution in [3.05, 3.63) is 47.7 Å². The van der Waals surface area contributed by atoms with Crippen LogP contribution in [-0.4, -0.2) is 6.54 Å². The predicted molar refractivity (Wildman–Crippen MR) is 76.0 cm³/mol. The van der Waals surface area contributed by atoms with Gasteiger partial charge in [-0.15, -0.1) is 0 Å². The SMILES string of the molecule is CCNCc1ccc(-c2cc3cccc(C)c3o2)o1. The fourth-order valence-corrected chi connectivity index (χ4v) is 2.18. The molecule has 1 aromatic carbocycles. The minimum Gasteiger partial charge on any atom is -0.456 e. The first-order chi connectivity index (χ1) is 9.28. The van der Waals surface area contributed by atoms with Crippen LogP contribution in [-0.2, 0) is 6.54 Å². The summed E-state index contributed by atoms with van der Waals surface area (Å²) in [7, 11) is 0. The van der Waals surface area contributed by atoms with Crippen molar-refractivity contribution in [2.75, 3.05) is 6.54 Å². The number of furan rings is 2. The molecule has 0 radical (unpaired) electrons. The summed E-state index contributed by atoms with van der Waals surface area (Å²) in [5.74, 6) is 2.49. The predicted octanol–water partition coefficient (Wildman–Crippen LogP) is 4.11. The van der Waals surface area contributed by atoms with Crippen molar-refractivity contribution in [2.24, 2.45) is 0 Å². The smallest absolute Gasteiger partial charge is 0.170 e. The quantitative estimate of drug-likeness (QED) is 0.762. The number of aryl methyl sites for hydroxylation is 1. The molecule has 0 aliphatic heterocycles. The molecule has 0 spiro atoms. The zero-order valence-electron chi connectivity index (χ0n) is 11.2. The molecule has 0 atom stereocenters. The monoisotopic (exact) mass is 255 g/mol. The molecule has 0 amide bonds. The Kier molecular flexibility index (Phi) is 3.13. The van der Waals surface area contributed by atoms with Crippen molar-refractivity contribution in [2.45, 2.75) is 20.4 Å². The van der Waals surface area contributed by atoms with Gasteiger partial charge in [-0.25, -0.2) is 0 Å². The zero-order chi connectivity index (χ0) is 13.2. The molecule has 0 fully saturated rings. The van der Waals surface area contributed by atoms with Gasteiger partial charge in [-0.2, -0.15) is 0 Å². The highest BCUT2D eigenvalue weighted by atomic mass is 16.4. The first kappa shape index (κ1) is 12.1. The van der Waals surface area contributed by atoms with Gasteiger partial charge in [-0.05, 0) is 37.2 Å². The van der Waals surface area contributed by atoms with E-state index in [-0.39, 0.29) is 0 Å². The molecule has 2 heterocycles. The molecular weight excluding hydrogens is 238 g/mol. The van der Waals surface area contributed by atoms with Gasteiger partial charge in [0.05, 0.1) is 6.54 Å². The average Bonchev–Trinajstić information content (AvgIpc) is 3.03. The molecule has 0 saturated heterocycles. The summed E-state index contributed by atoms with van der Waals surface area (Å²) in [6, 6.07) is 12.1. The molecule has 3 nitrogen and oxygen atoms in total. The van der Waals surface area contributed by atoms with Crippen molar-refractivity contribution in [3.63, 3.8) is 0 Å². The standard InChI is InChI=1S/C16H17NO2/c1-3-17-10-13-7-8-14(18-13)15-9-12-6-4-5-11(2)16(12)19-15/h4-9,17H,3,10H2,1-2H3. The number of hydrogen-bond donors (Lipinski definition) is 1. The van der Waals surface area contributed by atoms with E-state index in [0.717, 1.165) is 46.9 Å². The molecule has 0 saturated carbocycles. The number of nitrogens with one attached hydrogen (secondary N) is 1. The summed E-state index contributed by atoms with van der Waals surface area (Å²) in [4.78, 5) is 0. The molecule has 0 unspecified atom stereocenters. The first-order valence-electron chi connectivity index (χ1n) is 6.57. The Morgan fingerprint density at radius 2 is 1.95 bits per heavy atom. The average molecular weight is 255 g/mol. The second-order valence-corrected chi connectivity index (χ2v) is 4.65. The van der Waals surface area contributed by atoms with E-state index in [1.165, 1.54) is 0 Å². The van der Waals surface area contributed by atoms with E-state index in [1.807, 2.05) is 37.3 Å². The fraction of sp³-hybridized carbons (Fsp3) is 0.250. The van der Waals surface area contributed by atoms with Crippen molar-refractivity contribution in [3.8, 4) is 11.5 Å². The molecule has 3 heteroatoms. The van der Waals surface area contributed by atoms with Gasteiger partial charge < -0.3 is 14.2 Å². The van der Waals surface area contributed by atoms with Gasteiger partial charge in [0.2, 0.25) is 0 Å². The number of fused-ring (bicyclic) bond motifs is 1. The third-order valence-corrected chi connectivity index (χ3v) is 3.19. The lowest BCUT2D eigenvalue weighted by Gasteiger charge is -1.96. The van der Waals surface area contributed by atoms with Gasteiger partial charge >= 0.3 is 0 Å². The molecule has 19 heavy (non-hydrogen) atoms. The number of para-hydroxylation sites is 1. The molecule has 2 aromatic heterocycles. The summed E-state index contributed by atoms with van der Waals surface area (Å²) in [6.45, 7) is 5.80. The maximum absolute atomic E-state index is 5.89. The van der Waals surface area contributed by atoms with Crippen LogP contribution in [0.25, 0.3) is 22.5 Å². The Morgan fingerprint density at radius 3 is 2.74 bits per heavy atom. The van der Waals surface area contributed by atoms with Crippen LogP contribution in [0.3, 0.4) is 0 Å². The highest BCUT2D eigenvalue weighted by Gasteiger charge is 2.11. The third kappa shape index (κ3) is 2.29. The van der Waals surface area contributed by atoms with Gasteiger partial charge in [-0.1, -0.05) is 25.1 Å². The summed E-state index contributed by atoms with van der Waals surface area (Å²) in [5.41, 5.74) is 2.07. The topological polar surface area (TPSA) is 38.3 Å². The summed E-state index contributed by atoms with van der Waals surface area (Å²) in [6.07, 6.45) is 0. The number of rotatable bonds is 4. The summed E-state index contributed by atoms with van der Waals surface area (Å²) in [5, 5.41) is 4.35. The van der Waals surface area contributed by atoms with E-state index in [9.17, 15) is 0 Å². The maximum Gasteiger partial charge on any atom is 0.170 e. The maximum atomic E-state index is 5.89. The van der Waals surface area contributed by atoms with E-state index in [4.69, 9.17) is 8.83 Å². The van der Waals surface area contributed by atoms with Crippen molar-refractivity contribution >= 4 is 11.0 Å². The van der Waals surface area contributed by atoms with E-state index < -0.39 is 0 Å². The molecule has 3 rings (SSSR count). The zero-order valence-corrected chi connectivity index (χ0v) is 11.2. The van der Waals surface area contributed by atoms with Crippen LogP contribution in [0.2, 0.25) is 0 Å². The Hall–Kier alpha value is -2.00. The minimum atomic E-state index is 0.746. The minimum absolute atomic E-state index is 0.746. The van der Waals surface area contributed by atoms with E-state index >= 15 is 0 Å². The van der Waals surface area contributed by atoms with Gasteiger partial charge in [-0.3, -0.25) is 0 Å². The largest absolute Gasteiger partial charge is 0.456 e. The first-order valence-corrected chi connectivity index (χ1v) is 6.57. The Balaban J connectivity index is 1.95. The fourth-order valence-electron chi connectivity index (χ4n) is 2.18. The van der Waals surface area contributed by atoms with Gasteiger partial charge in [0.15, 0.2) is 11.5 Å². The Morgan fingerprint density at radius 1 is 1.05 bits per heavy atom. The van der Waals surface area contributed by atoms with Crippen LogP contribution in [0.15, 0.2) is 45.2 Å². The van der Waals surface area contributed by atoms with Crippen LogP contribution in [0.1, 0.15) is 18.2 Å². The highest BCUT2D eigenvalue weighted by molar-refractivity contribution is 5.84. The normalized spacial score (nSPS) is 11.3. The molecule has 1 N–H and O–H groups in total. The van der Waals surface area contributed by atoms with Gasteiger partial charge in [0, 0.05) is 5.39 Å². The highest BCUT2D eigenvalue weighted by Crippen LogP contribution is 2.30. The van der Waals surface area contributed by atoms with Crippen LogP contribution in [0.4, 0.5) is 0 Å². The molecular formula is C16H17NO2. The molecule has 98 valence electrons. The lowest BCUT2D eigenvalue weighted by atomic mass is 10.2. The van der Waals surface area contributed by atoms with Crippen molar-refractivity contribution < 1.29 is 8.83 Å². The second kappa shape index (κ2) is 4.94. The van der Waals surface area contributed by atoms with Crippen LogP contribution in [0.5, 0.6) is 0 Å². The second-order valence-electron chi connectivity index (χ2n) is 4.65. The molecule has 0 aliphatic carbocycles. The molecule has 0 aliphatic rings. The van der Waals surface area contributed by atoms with Crippen LogP contribution < -0.4 is 5.32 Å². The summed E-state index contributed by atoms with van der Waals surface area (Å²) >= 11 is 0. The number of benzene rings is 1. The lowest BCUT2D eigenvalue weighted by Crippen LogP contribution is -2.10. The van der Waals surface area contributed by atoms with Crippen LogP contribution in [0, 0.1) is 6.92 Å². The Labute approximate surface area is 112 Å². The summed E-state index contributed by atoms with van der Waals surface area (Å²) < 4.78 is 11.7. The van der Waals surface area contributed by atoms with Crippen LogP contribution >= 0.6 is 0 Å². The molecule has 3 aromatic rings. The third-order valence-electron chi connectivity index (χ3n) is 3.19. The van der Waals surface area contributed by atoms with Gasteiger partial charge in [0.25, 0.3) is 0 Å². The number of hydrogen-bond acceptors (Lipinski definition) is 3. The van der Waals surface area contributed by atoms with Crippen molar-refractivity contribution in [1.82, 2.24) is 5.32 Å². The molecule has 0 bridgehead atoms. The lowest BCUT2D eigenvalue weighted by molar-refractivity contribution is 0.482. The van der Waals surface area contributed by atoms with E-state index in [2.05, 4.69) is 18.3 Å². The van der Waals surface area contributed by atoms with Gasteiger partial charge in [0.1, 0.15) is 11.3 Å². The van der Waals surface area contributed by atoms with E-state index in [0.29, 0.717) is 0 Å².